The summed E-state index contributed by atoms with van der Waals surface area (Å²) in [4.78, 5) is 14.1. The Morgan fingerprint density at radius 1 is 1.42 bits per heavy atom. The molecule has 1 aromatic rings. The fraction of sp³-hybridized carbons (Fsp3) is 0.778. The number of hydrogen-bond acceptors (Lipinski definition) is 5. The molecule has 6 heteroatoms. The van der Waals surface area contributed by atoms with Gasteiger partial charge in [-0.05, 0) is 32.6 Å². The molecular formula is C18H29N3O3. The fourth-order valence-electron chi connectivity index (χ4n) is 3.61. The summed E-state index contributed by atoms with van der Waals surface area (Å²) in [5, 5.41) is 7.04. The second kappa shape index (κ2) is 6.84. The molecule has 2 fully saturated rings. The molecule has 0 radical (unpaired) electrons. The summed E-state index contributed by atoms with van der Waals surface area (Å²) in [6.45, 7) is 12.1. The second-order valence-corrected chi connectivity index (χ2v) is 7.75. The highest BCUT2D eigenvalue weighted by molar-refractivity contribution is 5.77. The standard InChI is InChI=1S/C18H29N3O3/c1-12(2)17(22)19-7-15-5-6-18(23-9-15)10-21(11-18)8-16-13(3)20-24-14(16)4/h12,15H,5-11H2,1-4H3,(H,19,22). The number of nitrogens with zero attached hydrogens (tertiary/aromatic N) is 2. The molecule has 0 aromatic carbocycles. The molecule has 3 heterocycles. The number of carbonyl (C=O) groups excluding carboxylic acids is 1. The minimum Gasteiger partial charge on any atom is -0.372 e. The SMILES string of the molecule is Cc1noc(C)c1CN1CC2(CCC(CNC(=O)C(C)C)CO2)C1. The Labute approximate surface area is 143 Å². The van der Waals surface area contributed by atoms with Crippen molar-refractivity contribution in [2.75, 3.05) is 26.2 Å². The molecule has 1 spiro atoms. The van der Waals surface area contributed by atoms with Gasteiger partial charge in [-0.2, -0.15) is 0 Å². The Kier molecular flexibility index (Phi) is 4.97. The van der Waals surface area contributed by atoms with Gasteiger partial charge in [-0.15, -0.1) is 0 Å². The normalized spacial score (nSPS) is 23.5. The van der Waals surface area contributed by atoms with Crippen molar-refractivity contribution < 1.29 is 14.1 Å². The van der Waals surface area contributed by atoms with Gasteiger partial charge in [0.15, 0.2) is 0 Å². The first-order chi connectivity index (χ1) is 11.4. The third-order valence-electron chi connectivity index (χ3n) is 5.31. The molecule has 134 valence electrons. The van der Waals surface area contributed by atoms with Crippen molar-refractivity contribution in [3.8, 4) is 0 Å². The van der Waals surface area contributed by atoms with Crippen LogP contribution in [0.2, 0.25) is 0 Å². The minimum atomic E-state index is 0.0253. The quantitative estimate of drug-likeness (QED) is 0.892. The minimum absolute atomic E-state index is 0.0253. The van der Waals surface area contributed by atoms with Crippen LogP contribution in [0.15, 0.2) is 4.52 Å². The lowest BCUT2D eigenvalue weighted by atomic mass is 9.82. The van der Waals surface area contributed by atoms with E-state index in [2.05, 4.69) is 15.4 Å². The summed E-state index contributed by atoms with van der Waals surface area (Å²) in [7, 11) is 0. The summed E-state index contributed by atoms with van der Waals surface area (Å²) >= 11 is 0. The van der Waals surface area contributed by atoms with E-state index < -0.39 is 0 Å². The van der Waals surface area contributed by atoms with Gasteiger partial charge in [0.2, 0.25) is 5.91 Å². The smallest absolute Gasteiger partial charge is 0.222 e. The molecule has 1 N–H and O–H groups in total. The lowest BCUT2D eigenvalue weighted by molar-refractivity contribution is -0.181. The average molecular weight is 335 g/mol. The summed E-state index contributed by atoms with van der Waals surface area (Å²) in [5.41, 5.74) is 2.21. The van der Waals surface area contributed by atoms with Gasteiger partial charge in [-0.1, -0.05) is 19.0 Å². The van der Waals surface area contributed by atoms with E-state index in [1.807, 2.05) is 27.7 Å². The first-order valence-electron chi connectivity index (χ1n) is 8.94. The highest BCUT2D eigenvalue weighted by Gasteiger charge is 2.46. The van der Waals surface area contributed by atoms with E-state index in [1.54, 1.807) is 0 Å². The number of amides is 1. The lowest BCUT2D eigenvalue weighted by Gasteiger charge is -2.53. The summed E-state index contributed by atoms with van der Waals surface area (Å²) in [6, 6.07) is 0. The van der Waals surface area contributed by atoms with E-state index >= 15 is 0 Å². The molecule has 0 aliphatic carbocycles. The summed E-state index contributed by atoms with van der Waals surface area (Å²) in [5.74, 6) is 1.53. The van der Waals surface area contributed by atoms with Crippen molar-refractivity contribution in [2.24, 2.45) is 11.8 Å². The number of aryl methyl sites for hydroxylation is 2. The van der Waals surface area contributed by atoms with Gasteiger partial charge in [0.25, 0.3) is 0 Å². The number of carbonyl (C=O) groups is 1. The van der Waals surface area contributed by atoms with Crippen molar-refractivity contribution in [2.45, 2.75) is 52.7 Å². The molecule has 0 bridgehead atoms. The van der Waals surface area contributed by atoms with E-state index in [-0.39, 0.29) is 17.4 Å². The number of aromatic nitrogens is 1. The third-order valence-corrected chi connectivity index (χ3v) is 5.31. The second-order valence-electron chi connectivity index (χ2n) is 7.75. The topological polar surface area (TPSA) is 67.6 Å². The third kappa shape index (κ3) is 3.64. The Morgan fingerprint density at radius 3 is 2.71 bits per heavy atom. The maximum Gasteiger partial charge on any atom is 0.222 e. The van der Waals surface area contributed by atoms with E-state index in [0.29, 0.717) is 5.92 Å². The average Bonchev–Trinajstić information content (AvgIpc) is 2.84. The summed E-state index contributed by atoms with van der Waals surface area (Å²) < 4.78 is 11.4. The van der Waals surface area contributed by atoms with E-state index in [4.69, 9.17) is 9.26 Å². The summed E-state index contributed by atoms with van der Waals surface area (Å²) in [6.07, 6.45) is 2.20. The van der Waals surface area contributed by atoms with Crippen LogP contribution in [0.25, 0.3) is 0 Å². The van der Waals surface area contributed by atoms with Crippen LogP contribution in [-0.4, -0.2) is 47.8 Å². The maximum absolute atomic E-state index is 11.7. The van der Waals surface area contributed by atoms with E-state index in [0.717, 1.165) is 57.1 Å². The zero-order chi connectivity index (χ0) is 17.3. The van der Waals surface area contributed by atoms with Gasteiger partial charge in [0, 0.05) is 37.7 Å². The first-order valence-corrected chi connectivity index (χ1v) is 8.94. The molecule has 24 heavy (non-hydrogen) atoms. The van der Waals surface area contributed by atoms with Crippen LogP contribution in [-0.2, 0) is 16.1 Å². The predicted molar refractivity (Wildman–Crippen MR) is 90.5 cm³/mol. The van der Waals surface area contributed by atoms with Crippen LogP contribution in [0.5, 0.6) is 0 Å². The number of nitrogens with one attached hydrogen (secondary N) is 1. The van der Waals surface area contributed by atoms with Gasteiger partial charge >= 0.3 is 0 Å². The number of ether oxygens (including phenoxy) is 1. The Balaban J connectivity index is 1.41. The van der Waals surface area contributed by atoms with Crippen molar-refractivity contribution >= 4 is 5.91 Å². The fourth-order valence-corrected chi connectivity index (χ4v) is 3.61. The molecule has 1 aromatic heterocycles. The van der Waals surface area contributed by atoms with Gasteiger partial charge in [0.05, 0.1) is 17.9 Å². The lowest BCUT2D eigenvalue weighted by Crippen LogP contribution is -2.64. The molecule has 1 unspecified atom stereocenters. The molecule has 2 saturated heterocycles. The van der Waals surface area contributed by atoms with E-state index in [1.165, 1.54) is 5.56 Å². The monoisotopic (exact) mass is 335 g/mol. The van der Waals surface area contributed by atoms with Crippen molar-refractivity contribution in [1.29, 1.82) is 0 Å². The number of rotatable bonds is 5. The number of hydrogen-bond donors (Lipinski definition) is 1. The molecular weight excluding hydrogens is 306 g/mol. The van der Waals surface area contributed by atoms with Crippen molar-refractivity contribution in [3.05, 3.63) is 17.0 Å². The largest absolute Gasteiger partial charge is 0.372 e. The molecule has 2 aliphatic heterocycles. The molecule has 1 atom stereocenters. The highest BCUT2D eigenvalue weighted by atomic mass is 16.5. The van der Waals surface area contributed by atoms with Crippen molar-refractivity contribution in [1.82, 2.24) is 15.4 Å². The molecule has 3 rings (SSSR count). The predicted octanol–water partition coefficient (Wildman–Crippen LogP) is 2.04. The first kappa shape index (κ1) is 17.4. The van der Waals surface area contributed by atoms with Crippen LogP contribution in [0.4, 0.5) is 0 Å². The van der Waals surface area contributed by atoms with Gasteiger partial charge in [-0.25, -0.2) is 0 Å². The van der Waals surface area contributed by atoms with Crippen LogP contribution in [0.1, 0.15) is 43.7 Å². The Morgan fingerprint density at radius 2 is 2.17 bits per heavy atom. The number of likely N-dealkylation sites (tertiary alicyclic amines) is 1. The van der Waals surface area contributed by atoms with E-state index in [9.17, 15) is 4.79 Å². The van der Waals surface area contributed by atoms with Crippen LogP contribution in [0, 0.1) is 25.7 Å². The van der Waals surface area contributed by atoms with Crippen molar-refractivity contribution in [3.63, 3.8) is 0 Å². The molecule has 1 amide bonds. The molecule has 0 saturated carbocycles. The molecule has 6 nitrogen and oxygen atoms in total. The maximum atomic E-state index is 11.7. The zero-order valence-electron chi connectivity index (χ0n) is 15.2. The zero-order valence-corrected chi connectivity index (χ0v) is 15.2. The highest BCUT2D eigenvalue weighted by Crippen LogP contribution is 2.37. The molecule has 2 aliphatic rings. The Hall–Kier alpha value is -1.40. The van der Waals surface area contributed by atoms with Gasteiger partial charge in [-0.3, -0.25) is 9.69 Å². The van der Waals surface area contributed by atoms with Crippen LogP contribution >= 0.6 is 0 Å². The Bertz CT molecular complexity index is 561. The van der Waals surface area contributed by atoms with Gasteiger partial charge in [0.1, 0.15) is 5.76 Å². The van der Waals surface area contributed by atoms with Gasteiger partial charge < -0.3 is 14.6 Å². The van der Waals surface area contributed by atoms with Crippen LogP contribution in [0.3, 0.4) is 0 Å². The van der Waals surface area contributed by atoms with Crippen LogP contribution < -0.4 is 5.32 Å².